The van der Waals surface area contributed by atoms with Crippen LogP contribution in [0.1, 0.15) is 76.3 Å². The minimum Gasteiger partial charge on any atom is -0.0840 e. The van der Waals surface area contributed by atoms with Gasteiger partial charge in [-0.05, 0) is 55.7 Å². The van der Waals surface area contributed by atoms with E-state index in [0.29, 0.717) is 0 Å². The van der Waals surface area contributed by atoms with E-state index in [1.54, 1.807) is 0 Å². The fraction of sp³-hybridized carbons (Fsp3) is 0.429. The molecule has 0 heteroatoms. The number of unbranched alkanes of at least 4 members (excludes halogenated alkanes) is 1. The third-order valence-electron chi connectivity index (χ3n) is 5.96. The second-order valence-corrected chi connectivity index (χ2v) is 8.18. The van der Waals surface area contributed by atoms with Gasteiger partial charge in [0.1, 0.15) is 0 Å². The quantitative estimate of drug-likeness (QED) is 0.353. The molecule has 28 heavy (non-hydrogen) atoms. The van der Waals surface area contributed by atoms with Crippen LogP contribution in [-0.4, -0.2) is 0 Å². The molecule has 0 heterocycles. The maximum atomic E-state index is 3.67. The molecule has 0 spiro atoms. The van der Waals surface area contributed by atoms with Gasteiger partial charge in [-0.1, -0.05) is 105 Å². The highest BCUT2D eigenvalue weighted by molar-refractivity contribution is 5.52. The monoisotopic (exact) mass is 370 g/mol. The van der Waals surface area contributed by atoms with Gasteiger partial charge in [-0.3, -0.25) is 0 Å². The van der Waals surface area contributed by atoms with Crippen molar-refractivity contribution in [1.82, 2.24) is 0 Å². The average Bonchev–Trinajstić information content (AvgIpc) is 2.75. The fourth-order valence-corrected chi connectivity index (χ4v) is 4.24. The van der Waals surface area contributed by atoms with E-state index in [1.807, 2.05) is 0 Å². The highest BCUT2D eigenvalue weighted by atomic mass is 14.3. The lowest BCUT2D eigenvalue weighted by Crippen LogP contribution is -2.23. The predicted octanol–water partition coefficient (Wildman–Crippen LogP) is 7.88. The van der Waals surface area contributed by atoms with Crippen LogP contribution < -0.4 is 0 Å². The molecule has 2 atom stereocenters. The molecule has 1 aromatic carbocycles. The van der Waals surface area contributed by atoms with E-state index in [9.17, 15) is 0 Å². The summed E-state index contributed by atoms with van der Waals surface area (Å²) < 4.78 is 0. The molecule has 0 amide bonds. The van der Waals surface area contributed by atoms with Gasteiger partial charge in [-0.25, -0.2) is 0 Å². The summed E-state index contributed by atoms with van der Waals surface area (Å²) in [6.07, 6.45) is 25.6. The van der Waals surface area contributed by atoms with E-state index < -0.39 is 0 Å². The Balaban J connectivity index is 1.77. The zero-order chi connectivity index (χ0) is 19.7. The molecular weight excluding hydrogens is 336 g/mol. The van der Waals surface area contributed by atoms with Crippen LogP contribution in [0.15, 0.2) is 66.3 Å². The molecular formula is C28H34. The van der Waals surface area contributed by atoms with Crippen LogP contribution in [0.4, 0.5) is 0 Å². The van der Waals surface area contributed by atoms with Crippen molar-refractivity contribution in [2.45, 2.75) is 65.2 Å². The molecule has 2 aliphatic carbocycles. The molecule has 0 aliphatic heterocycles. The maximum Gasteiger partial charge on any atom is 0.0744 e. The van der Waals surface area contributed by atoms with Gasteiger partial charge in [0.05, 0.1) is 5.41 Å². The Kier molecular flexibility index (Phi) is 7.55. The van der Waals surface area contributed by atoms with E-state index >= 15 is 0 Å². The lowest BCUT2D eigenvalue weighted by molar-refractivity contribution is 0.408. The molecule has 146 valence electrons. The first kappa shape index (κ1) is 20.5. The first-order chi connectivity index (χ1) is 13.8. The third-order valence-corrected chi connectivity index (χ3v) is 5.96. The van der Waals surface area contributed by atoms with E-state index in [4.69, 9.17) is 0 Å². The molecule has 0 saturated carbocycles. The first-order valence-corrected chi connectivity index (χ1v) is 11.1. The largest absolute Gasteiger partial charge is 0.0840 e. The van der Waals surface area contributed by atoms with Crippen LogP contribution >= 0.6 is 0 Å². The van der Waals surface area contributed by atoms with Crippen molar-refractivity contribution in [1.29, 1.82) is 0 Å². The van der Waals surface area contributed by atoms with E-state index in [0.717, 1.165) is 24.3 Å². The van der Waals surface area contributed by atoms with Crippen molar-refractivity contribution < 1.29 is 0 Å². The SMILES string of the molecule is CCC/C=C/c1ccc(C#CC2(C3=CCC(CCC)CC3)C=CC=CC2)cc1. The standard InChI is InChI=1S/C28H34/c1-3-5-7-11-25-12-14-26(15-13-25)20-23-28(21-8-6-9-22-28)27-18-16-24(10-4-2)17-19-27/h6-9,11-15,18,21,24H,3-5,10,16-17,19,22H2,1-2H3/b11-7+. The fourth-order valence-electron chi connectivity index (χ4n) is 4.24. The van der Waals surface area contributed by atoms with Crippen molar-refractivity contribution in [2.24, 2.45) is 11.3 Å². The minimum absolute atomic E-state index is 0.106. The molecule has 0 bridgehead atoms. The Bertz CT molecular complexity index is 804. The van der Waals surface area contributed by atoms with Gasteiger partial charge in [0.25, 0.3) is 0 Å². The predicted molar refractivity (Wildman–Crippen MR) is 123 cm³/mol. The Morgan fingerprint density at radius 3 is 2.61 bits per heavy atom. The molecule has 0 fully saturated rings. The second-order valence-electron chi connectivity index (χ2n) is 8.18. The van der Waals surface area contributed by atoms with Gasteiger partial charge in [-0.2, -0.15) is 0 Å². The van der Waals surface area contributed by atoms with Crippen LogP contribution in [0, 0.1) is 23.2 Å². The lowest BCUT2D eigenvalue weighted by Gasteiger charge is -2.33. The van der Waals surface area contributed by atoms with Crippen molar-refractivity contribution in [2.75, 3.05) is 0 Å². The van der Waals surface area contributed by atoms with Crippen molar-refractivity contribution in [3.63, 3.8) is 0 Å². The van der Waals surface area contributed by atoms with Crippen LogP contribution in [0.25, 0.3) is 6.08 Å². The van der Waals surface area contributed by atoms with Gasteiger partial charge >= 0.3 is 0 Å². The average molecular weight is 371 g/mol. The molecule has 0 radical (unpaired) electrons. The molecule has 0 nitrogen and oxygen atoms in total. The van der Waals surface area contributed by atoms with Gasteiger partial charge in [0.2, 0.25) is 0 Å². The molecule has 0 N–H and O–H groups in total. The summed E-state index contributed by atoms with van der Waals surface area (Å²) in [7, 11) is 0. The summed E-state index contributed by atoms with van der Waals surface area (Å²) in [6, 6.07) is 8.66. The zero-order valence-electron chi connectivity index (χ0n) is 17.6. The highest BCUT2D eigenvalue weighted by Gasteiger charge is 2.31. The molecule has 2 aliphatic rings. The first-order valence-electron chi connectivity index (χ1n) is 11.1. The van der Waals surface area contributed by atoms with Crippen molar-refractivity contribution in [3.05, 3.63) is 77.4 Å². The molecule has 0 aromatic heterocycles. The van der Waals surface area contributed by atoms with Crippen LogP contribution in [0.5, 0.6) is 0 Å². The van der Waals surface area contributed by atoms with Gasteiger partial charge in [0, 0.05) is 5.56 Å². The summed E-state index contributed by atoms with van der Waals surface area (Å²) in [6.45, 7) is 4.51. The van der Waals surface area contributed by atoms with Gasteiger partial charge in [0.15, 0.2) is 0 Å². The normalized spacial score (nSPS) is 24.1. The molecule has 3 rings (SSSR count). The summed E-state index contributed by atoms with van der Waals surface area (Å²) >= 11 is 0. The highest BCUT2D eigenvalue weighted by Crippen LogP contribution is 2.42. The van der Waals surface area contributed by atoms with Crippen LogP contribution in [0.2, 0.25) is 0 Å². The Labute approximate surface area is 172 Å². The number of allylic oxidation sites excluding steroid dienone is 7. The number of hydrogen-bond donors (Lipinski definition) is 0. The summed E-state index contributed by atoms with van der Waals surface area (Å²) in [5.74, 6) is 8.02. The topological polar surface area (TPSA) is 0 Å². The van der Waals surface area contributed by atoms with Crippen molar-refractivity contribution >= 4 is 6.08 Å². The number of rotatable bonds is 6. The smallest absolute Gasteiger partial charge is 0.0744 e. The van der Waals surface area contributed by atoms with Crippen molar-refractivity contribution in [3.8, 4) is 11.8 Å². The molecule has 2 unspecified atom stereocenters. The molecule has 1 aromatic rings. The maximum absolute atomic E-state index is 3.67. The van der Waals surface area contributed by atoms with Gasteiger partial charge < -0.3 is 0 Å². The van der Waals surface area contributed by atoms with E-state index in [1.165, 1.54) is 49.7 Å². The summed E-state index contributed by atoms with van der Waals surface area (Å²) in [5, 5.41) is 0. The Hall–Kier alpha value is -2.26. The number of benzene rings is 1. The zero-order valence-corrected chi connectivity index (χ0v) is 17.6. The van der Waals surface area contributed by atoms with Crippen LogP contribution in [0.3, 0.4) is 0 Å². The Morgan fingerprint density at radius 2 is 1.96 bits per heavy atom. The minimum atomic E-state index is -0.106. The third kappa shape index (κ3) is 5.39. The summed E-state index contributed by atoms with van der Waals surface area (Å²) in [5.41, 5.74) is 3.79. The van der Waals surface area contributed by atoms with E-state index in [-0.39, 0.29) is 5.41 Å². The Morgan fingerprint density at radius 1 is 1.11 bits per heavy atom. The summed E-state index contributed by atoms with van der Waals surface area (Å²) in [4.78, 5) is 0. The van der Waals surface area contributed by atoms with Crippen LogP contribution in [-0.2, 0) is 0 Å². The number of hydrogen-bond acceptors (Lipinski definition) is 0. The van der Waals surface area contributed by atoms with Gasteiger partial charge in [-0.15, -0.1) is 0 Å². The lowest BCUT2D eigenvalue weighted by atomic mass is 9.70. The molecule has 0 saturated heterocycles. The van der Waals surface area contributed by atoms with E-state index in [2.05, 4.69) is 92.5 Å². The second kappa shape index (κ2) is 10.3.